The number of hydrogen-bond donors (Lipinski definition) is 2. The molecule has 2 N–H and O–H groups in total. The summed E-state index contributed by atoms with van der Waals surface area (Å²) in [6.07, 6.45) is 0. The standard InChI is InChI=1S/C21H22N4O/c1-14-8-4-6-10-17(14)13-22-21(26)19-12-20(24-16(3)23-19)25-18-11-7-5-9-15(18)2/h4-12H,13H2,1-3H3,(H,22,26)(H,23,24,25). The molecule has 0 unspecified atom stereocenters. The van der Waals surface area contributed by atoms with Crippen molar-refractivity contribution >= 4 is 17.4 Å². The second-order valence-electron chi connectivity index (χ2n) is 6.23. The van der Waals surface area contributed by atoms with Gasteiger partial charge in [-0.2, -0.15) is 0 Å². The molecule has 26 heavy (non-hydrogen) atoms. The number of rotatable bonds is 5. The Kier molecular flexibility index (Phi) is 5.27. The molecule has 0 fully saturated rings. The number of aryl methyl sites for hydroxylation is 3. The Bertz CT molecular complexity index is 937. The second kappa shape index (κ2) is 7.78. The molecule has 0 aliphatic rings. The molecule has 5 heteroatoms. The monoisotopic (exact) mass is 346 g/mol. The van der Waals surface area contributed by atoms with Crippen LogP contribution in [0.5, 0.6) is 0 Å². The molecule has 0 bridgehead atoms. The Hall–Kier alpha value is -3.21. The van der Waals surface area contributed by atoms with Gasteiger partial charge in [-0.25, -0.2) is 9.97 Å². The maximum absolute atomic E-state index is 12.5. The summed E-state index contributed by atoms with van der Waals surface area (Å²) in [5, 5.41) is 6.19. The lowest BCUT2D eigenvalue weighted by Gasteiger charge is -2.11. The number of aromatic nitrogens is 2. The fourth-order valence-corrected chi connectivity index (χ4v) is 2.67. The van der Waals surface area contributed by atoms with Crippen LogP contribution in [-0.2, 0) is 6.54 Å². The smallest absolute Gasteiger partial charge is 0.270 e. The van der Waals surface area contributed by atoms with E-state index >= 15 is 0 Å². The maximum Gasteiger partial charge on any atom is 0.270 e. The number of amides is 1. The van der Waals surface area contributed by atoms with Crippen molar-refractivity contribution in [2.75, 3.05) is 5.32 Å². The van der Waals surface area contributed by atoms with Gasteiger partial charge in [0.1, 0.15) is 17.3 Å². The first-order chi connectivity index (χ1) is 12.5. The fraction of sp³-hybridized carbons (Fsp3) is 0.190. The van der Waals surface area contributed by atoms with Gasteiger partial charge in [0.15, 0.2) is 0 Å². The van der Waals surface area contributed by atoms with E-state index in [4.69, 9.17) is 0 Å². The van der Waals surface area contributed by atoms with E-state index in [-0.39, 0.29) is 5.91 Å². The summed E-state index contributed by atoms with van der Waals surface area (Å²) in [5.74, 6) is 0.934. The first-order valence-electron chi connectivity index (χ1n) is 8.54. The highest BCUT2D eigenvalue weighted by Gasteiger charge is 2.11. The zero-order valence-corrected chi connectivity index (χ0v) is 15.2. The predicted molar refractivity (Wildman–Crippen MR) is 104 cm³/mol. The first-order valence-corrected chi connectivity index (χ1v) is 8.54. The van der Waals surface area contributed by atoms with Crippen LogP contribution < -0.4 is 10.6 Å². The molecule has 0 atom stereocenters. The van der Waals surface area contributed by atoms with Crippen LogP contribution in [0.15, 0.2) is 54.6 Å². The van der Waals surface area contributed by atoms with Gasteiger partial charge in [0.05, 0.1) is 0 Å². The highest BCUT2D eigenvalue weighted by atomic mass is 16.1. The average molecular weight is 346 g/mol. The van der Waals surface area contributed by atoms with E-state index in [1.54, 1.807) is 13.0 Å². The number of benzene rings is 2. The van der Waals surface area contributed by atoms with E-state index in [1.807, 2.05) is 62.4 Å². The number of carbonyl (C=O) groups is 1. The highest BCUT2D eigenvalue weighted by Crippen LogP contribution is 2.19. The molecule has 2 aromatic carbocycles. The van der Waals surface area contributed by atoms with E-state index in [0.29, 0.717) is 23.9 Å². The normalized spacial score (nSPS) is 10.4. The Morgan fingerprint density at radius 2 is 1.62 bits per heavy atom. The lowest BCUT2D eigenvalue weighted by atomic mass is 10.1. The number of nitrogens with zero attached hydrogens (tertiary/aromatic N) is 2. The van der Waals surface area contributed by atoms with Crippen LogP contribution in [-0.4, -0.2) is 15.9 Å². The summed E-state index contributed by atoms with van der Waals surface area (Å²) in [5.41, 5.74) is 4.65. The SMILES string of the molecule is Cc1nc(Nc2ccccc2C)cc(C(=O)NCc2ccccc2C)n1. The second-order valence-corrected chi connectivity index (χ2v) is 6.23. The van der Waals surface area contributed by atoms with E-state index in [2.05, 4.69) is 20.6 Å². The molecule has 0 radical (unpaired) electrons. The molecule has 0 aliphatic heterocycles. The van der Waals surface area contributed by atoms with Gasteiger partial charge in [-0.15, -0.1) is 0 Å². The van der Waals surface area contributed by atoms with E-state index < -0.39 is 0 Å². The molecule has 3 rings (SSSR count). The van der Waals surface area contributed by atoms with Crippen LogP contribution in [0.2, 0.25) is 0 Å². The van der Waals surface area contributed by atoms with Crippen molar-refractivity contribution in [2.45, 2.75) is 27.3 Å². The van der Waals surface area contributed by atoms with Gasteiger partial charge >= 0.3 is 0 Å². The molecule has 0 spiro atoms. The minimum Gasteiger partial charge on any atom is -0.347 e. The molecule has 1 amide bonds. The summed E-state index contributed by atoms with van der Waals surface area (Å²) in [4.78, 5) is 21.2. The number of nitrogens with one attached hydrogen (secondary N) is 2. The van der Waals surface area contributed by atoms with Gasteiger partial charge in [0.25, 0.3) is 5.91 Å². The molecule has 0 saturated heterocycles. The quantitative estimate of drug-likeness (QED) is 0.731. The van der Waals surface area contributed by atoms with Crippen LogP contribution in [0.25, 0.3) is 0 Å². The Morgan fingerprint density at radius 1 is 0.923 bits per heavy atom. The van der Waals surface area contributed by atoms with Crippen LogP contribution in [0.1, 0.15) is 33.0 Å². The van der Waals surface area contributed by atoms with Gasteiger partial charge in [0, 0.05) is 18.3 Å². The molecule has 3 aromatic rings. The summed E-state index contributed by atoms with van der Waals surface area (Å²) >= 11 is 0. The minimum atomic E-state index is -0.216. The third-order valence-corrected chi connectivity index (χ3v) is 4.18. The average Bonchev–Trinajstić information content (AvgIpc) is 2.62. The van der Waals surface area contributed by atoms with Gasteiger partial charge in [-0.1, -0.05) is 42.5 Å². The van der Waals surface area contributed by atoms with E-state index in [1.165, 1.54) is 0 Å². The molecule has 0 saturated carbocycles. The van der Waals surface area contributed by atoms with Gasteiger partial charge in [-0.3, -0.25) is 4.79 Å². The topological polar surface area (TPSA) is 66.9 Å². The molecular weight excluding hydrogens is 324 g/mol. The van der Waals surface area contributed by atoms with Crippen molar-refractivity contribution in [1.29, 1.82) is 0 Å². The summed E-state index contributed by atoms with van der Waals surface area (Å²) in [7, 11) is 0. The van der Waals surface area contributed by atoms with Crippen molar-refractivity contribution in [1.82, 2.24) is 15.3 Å². The molecule has 132 valence electrons. The lowest BCUT2D eigenvalue weighted by Crippen LogP contribution is -2.24. The van der Waals surface area contributed by atoms with Crippen molar-refractivity contribution in [3.8, 4) is 0 Å². The molecule has 0 aliphatic carbocycles. The lowest BCUT2D eigenvalue weighted by molar-refractivity contribution is 0.0945. The third kappa shape index (κ3) is 4.25. The number of hydrogen-bond acceptors (Lipinski definition) is 4. The van der Waals surface area contributed by atoms with Crippen molar-refractivity contribution < 1.29 is 4.79 Å². The zero-order chi connectivity index (χ0) is 18.5. The molecule has 1 heterocycles. The first kappa shape index (κ1) is 17.6. The van der Waals surface area contributed by atoms with E-state index in [0.717, 1.165) is 22.4 Å². The number of para-hydroxylation sites is 1. The molecule has 1 aromatic heterocycles. The third-order valence-electron chi connectivity index (χ3n) is 4.18. The Labute approximate surface area is 153 Å². The fourth-order valence-electron chi connectivity index (χ4n) is 2.67. The van der Waals surface area contributed by atoms with Gasteiger partial charge in [-0.05, 0) is 43.5 Å². The largest absolute Gasteiger partial charge is 0.347 e. The zero-order valence-electron chi connectivity index (χ0n) is 15.2. The Balaban J connectivity index is 1.75. The van der Waals surface area contributed by atoms with Crippen LogP contribution in [0.3, 0.4) is 0 Å². The van der Waals surface area contributed by atoms with Gasteiger partial charge < -0.3 is 10.6 Å². The van der Waals surface area contributed by atoms with Crippen molar-refractivity contribution in [3.05, 3.63) is 82.8 Å². The van der Waals surface area contributed by atoms with Crippen LogP contribution >= 0.6 is 0 Å². The Morgan fingerprint density at radius 3 is 2.35 bits per heavy atom. The molecule has 5 nitrogen and oxygen atoms in total. The van der Waals surface area contributed by atoms with Crippen LogP contribution in [0.4, 0.5) is 11.5 Å². The maximum atomic E-state index is 12.5. The van der Waals surface area contributed by atoms with Crippen molar-refractivity contribution in [2.24, 2.45) is 0 Å². The summed E-state index contributed by atoms with van der Waals surface area (Å²) in [6.45, 7) is 6.29. The summed E-state index contributed by atoms with van der Waals surface area (Å²) in [6, 6.07) is 17.6. The minimum absolute atomic E-state index is 0.216. The summed E-state index contributed by atoms with van der Waals surface area (Å²) < 4.78 is 0. The van der Waals surface area contributed by atoms with Crippen molar-refractivity contribution in [3.63, 3.8) is 0 Å². The predicted octanol–water partition coefficient (Wildman–Crippen LogP) is 4.08. The van der Waals surface area contributed by atoms with E-state index in [9.17, 15) is 4.79 Å². The highest BCUT2D eigenvalue weighted by molar-refractivity contribution is 5.93. The number of anilines is 2. The van der Waals surface area contributed by atoms with Gasteiger partial charge in [0.2, 0.25) is 0 Å². The number of carbonyl (C=O) groups excluding carboxylic acids is 1. The molecular formula is C21H22N4O. The van der Waals surface area contributed by atoms with Crippen LogP contribution in [0, 0.1) is 20.8 Å².